The van der Waals surface area contributed by atoms with Crippen LogP contribution in [0.4, 0.5) is 0 Å². The quantitative estimate of drug-likeness (QED) is 0.123. The van der Waals surface area contributed by atoms with Crippen LogP contribution in [0.15, 0.2) is 36.4 Å². The molecule has 1 N–H and O–H groups in total. The molecule has 0 atom stereocenters. The molecular formula is C31H37NO13. The van der Waals surface area contributed by atoms with Gasteiger partial charge in [-0.15, -0.1) is 0 Å². The van der Waals surface area contributed by atoms with Crippen molar-refractivity contribution in [3.63, 3.8) is 0 Å². The van der Waals surface area contributed by atoms with Crippen LogP contribution in [0.3, 0.4) is 0 Å². The number of benzene rings is 1. The fraction of sp³-hybridized carbons (Fsp3) is 0.452. The lowest BCUT2D eigenvalue weighted by Gasteiger charge is -2.27. The zero-order valence-electron chi connectivity index (χ0n) is 26.0. The van der Waals surface area contributed by atoms with E-state index in [4.69, 9.17) is 28.4 Å². The molecular weight excluding hydrogens is 594 g/mol. The third kappa shape index (κ3) is 6.74. The van der Waals surface area contributed by atoms with Gasteiger partial charge in [-0.1, -0.05) is 30.3 Å². The van der Waals surface area contributed by atoms with E-state index in [1.54, 1.807) is 6.07 Å². The average molecular weight is 632 g/mol. The number of aromatic nitrogens is 1. The Labute approximate surface area is 259 Å². The standard InChI is InChI=1S/C31H37NO13/c1-7-40-24(34)30(25(35)41-8-2,26(36)42-9-3)20-18-21(32-22(20)23(33)19-16-14-13-15-17-19)31(27(37)43-10-4,28(38)44-11-5)29(39)45-12-6/h13-18,32H,7-12H2,1-6H3. The van der Waals surface area contributed by atoms with Gasteiger partial charge in [0.05, 0.1) is 51.0 Å². The first kappa shape index (κ1) is 36.2. The van der Waals surface area contributed by atoms with Gasteiger partial charge in [-0.25, -0.2) is 28.8 Å². The summed E-state index contributed by atoms with van der Waals surface area (Å²) in [7, 11) is 0. The molecule has 0 radical (unpaired) electrons. The van der Waals surface area contributed by atoms with E-state index in [2.05, 4.69) is 4.98 Å². The van der Waals surface area contributed by atoms with Crippen molar-refractivity contribution in [2.24, 2.45) is 0 Å². The van der Waals surface area contributed by atoms with E-state index in [0.717, 1.165) is 6.07 Å². The summed E-state index contributed by atoms with van der Waals surface area (Å²) < 4.78 is 30.8. The molecule has 0 saturated carbocycles. The number of esters is 6. The lowest BCUT2D eigenvalue weighted by atomic mass is 9.77. The first-order chi connectivity index (χ1) is 21.5. The van der Waals surface area contributed by atoms with Crippen molar-refractivity contribution in [3.8, 4) is 0 Å². The minimum Gasteiger partial charge on any atom is -0.464 e. The Kier molecular flexibility index (Phi) is 13.0. The summed E-state index contributed by atoms with van der Waals surface area (Å²) in [5, 5.41) is 0. The van der Waals surface area contributed by atoms with E-state index in [9.17, 15) is 33.6 Å². The SMILES string of the molecule is CCOC(=O)C(C(=O)OCC)(C(=O)OCC)c1cc(C(C(=O)OCC)(C(=O)OCC)C(=O)OCC)c(C(=O)c2ccccc2)[nH]1. The van der Waals surface area contributed by atoms with Crippen LogP contribution >= 0.6 is 0 Å². The molecule has 2 rings (SSSR count). The molecule has 0 aliphatic heterocycles. The fourth-order valence-electron chi connectivity index (χ4n) is 4.46. The van der Waals surface area contributed by atoms with Crippen LogP contribution in [0.2, 0.25) is 0 Å². The molecule has 0 aliphatic rings. The summed E-state index contributed by atoms with van der Waals surface area (Å²) in [6.07, 6.45) is 0. The molecule has 0 aliphatic carbocycles. The Morgan fingerprint density at radius 3 is 1.20 bits per heavy atom. The molecule has 2 aromatic rings. The molecule has 1 aromatic carbocycles. The van der Waals surface area contributed by atoms with Gasteiger partial charge < -0.3 is 33.4 Å². The zero-order valence-corrected chi connectivity index (χ0v) is 26.0. The first-order valence-corrected chi connectivity index (χ1v) is 14.4. The van der Waals surface area contributed by atoms with Gasteiger partial charge in [-0.05, 0) is 47.6 Å². The second-order valence-corrected chi connectivity index (χ2v) is 8.99. The number of hydrogen-bond acceptors (Lipinski definition) is 13. The number of H-pyrrole nitrogens is 1. The topological polar surface area (TPSA) is 191 Å². The van der Waals surface area contributed by atoms with Gasteiger partial charge in [0, 0.05) is 11.1 Å². The minimum atomic E-state index is -3.12. The Hall–Kier alpha value is -5.01. The molecule has 244 valence electrons. The molecule has 14 nitrogen and oxygen atoms in total. The van der Waals surface area contributed by atoms with Crippen LogP contribution in [0.25, 0.3) is 0 Å². The Morgan fingerprint density at radius 2 is 0.867 bits per heavy atom. The van der Waals surface area contributed by atoms with E-state index in [-0.39, 0.29) is 45.2 Å². The number of ether oxygens (including phenoxy) is 6. The predicted molar refractivity (Wildman–Crippen MR) is 154 cm³/mol. The van der Waals surface area contributed by atoms with Gasteiger partial charge in [-0.3, -0.25) is 4.79 Å². The summed E-state index contributed by atoms with van der Waals surface area (Å²) >= 11 is 0. The maximum absolute atomic E-state index is 14.0. The number of nitrogens with one attached hydrogen (secondary N) is 1. The maximum atomic E-state index is 14.0. The second-order valence-electron chi connectivity index (χ2n) is 8.99. The number of carbonyl (C=O) groups excluding carboxylic acids is 7. The first-order valence-electron chi connectivity index (χ1n) is 14.4. The molecule has 0 spiro atoms. The molecule has 1 aromatic heterocycles. The van der Waals surface area contributed by atoms with Crippen molar-refractivity contribution in [2.45, 2.75) is 52.4 Å². The van der Waals surface area contributed by atoms with Crippen LogP contribution in [0.1, 0.15) is 68.9 Å². The maximum Gasteiger partial charge on any atom is 0.341 e. The Morgan fingerprint density at radius 1 is 0.533 bits per heavy atom. The lowest BCUT2D eigenvalue weighted by molar-refractivity contribution is -0.178. The summed E-state index contributed by atoms with van der Waals surface area (Å²) in [5.74, 6) is -9.73. The summed E-state index contributed by atoms with van der Waals surface area (Å²) in [6, 6.07) is 8.24. The van der Waals surface area contributed by atoms with Gasteiger partial charge in [0.2, 0.25) is 5.78 Å². The molecule has 1 heterocycles. The van der Waals surface area contributed by atoms with Crippen LogP contribution in [0, 0.1) is 0 Å². The van der Waals surface area contributed by atoms with Crippen molar-refractivity contribution in [2.75, 3.05) is 39.6 Å². The molecule has 0 saturated heterocycles. The molecule has 0 fully saturated rings. The number of ketones is 1. The average Bonchev–Trinajstić information content (AvgIpc) is 3.44. The third-order valence-electron chi connectivity index (χ3n) is 6.38. The highest BCUT2D eigenvalue weighted by Crippen LogP contribution is 2.39. The smallest absolute Gasteiger partial charge is 0.341 e. The van der Waals surface area contributed by atoms with Crippen molar-refractivity contribution < 1.29 is 62.0 Å². The van der Waals surface area contributed by atoms with Gasteiger partial charge in [0.15, 0.2) is 0 Å². The summed E-state index contributed by atoms with van der Waals surface area (Å²) in [4.78, 5) is 98.7. The highest BCUT2D eigenvalue weighted by molar-refractivity contribution is 6.27. The minimum absolute atomic E-state index is 0.00775. The molecule has 0 bridgehead atoms. The Balaban J connectivity index is 3.28. The van der Waals surface area contributed by atoms with Crippen LogP contribution < -0.4 is 0 Å². The van der Waals surface area contributed by atoms with Crippen molar-refractivity contribution in [3.05, 3.63) is 58.9 Å². The van der Waals surface area contributed by atoms with Crippen molar-refractivity contribution in [1.82, 2.24) is 4.98 Å². The number of carbonyl (C=O) groups is 7. The van der Waals surface area contributed by atoms with Crippen LogP contribution in [-0.4, -0.2) is 86.2 Å². The molecule has 45 heavy (non-hydrogen) atoms. The van der Waals surface area contributed by atoms with Crippen LogP contribution in [-0.2, 0) is 68.0 Å². The number of hydrogen-bond donors (Lipinski definition) is 1. The third-order valence-corrected chi connectivity index (χ3v) is 6.38. The number of aromatic amines is 1. The fourth-order valence-corrected chi connectivity index (χ4v) is 4.46. The van der Waals surface area contributed by atoms with Gasteiger partial charge in [-0.2, -0.15) is 0 Å². The summed E-state index contributed by atoms with van der Waals surface area (Å²) in [6.45, 7) is 6.58. The normalized spacial score (nSPS) is 11.2. The van der Waals surface area contributed by atoms with E-state index in [1.165, 1.54) is 65.8 Å². The lowest BCUT2D eigenvalue weighted by Crippen LogP contribution is -2.54. The largest absolute Gasteiger partial charge is 0.464 e. The molecule has 0 unspecified atom stereocenters. The van der Waals surface area contributed by atoms with E-state index in [1.807, 2.05) is 0 Å². The molecule has 0 amide bonds. The molecule has 14 heteroatoms. The van der Waals surface area contributed by atoms with Gasteiger partial charge in [0.1, 0.15) is 0 Å². The zero-order chi connectivity index (χ0) is 33.8. The van der Waals surface area contributed by atoms with Gasteiger partial charge >= 0.3 is 35.8 Å². The monoisotopic (exact) mass is 631 g/mol. The van der Waals surface area contributed by atoms with E-state index >= 15 is 0 Å². The number of rotatable bonds is 16. The van der Waals surface area contributed by atoms with Crippen molar-refractivity contribution in [1.29, 1.82) is 0 Å². The van der Waals surface area contributed by atoms with E-state index in [0.29, 0.717) is 0 Å². The van der Waals surface area contributed by atoms with Crippen molar-refractivity contribution >= 4 is 41.6 Å². The van der Waals surface area contributed by atoms with E-state index < -0.39 is 69.4 Å². The highest BCUT2D eigenvalue weighted by atomic mass is 16.6. The summed E-state index contributed by atoms with van der Waals surface area (Å²) in [5.41, 5.74) is -8.26. The Bertz CT molecular complexity index is 1320. The van der Waals surface area contributed by atoms with Crippen LogP contribution in [0.5, 0.6) is 0 Å². The predicted octanol–water partition coefficient (Wildman–Crippen LogP) is 2.10. The second kappa shape index (κ2) is 16.2. The van der Waals surface area contributed by atoms with Gasteiger partial charge in [0.25, 0.3) is 10.8 Å². The highest BCUT2D eigenvalue weighted by Gasteiger charge is 2.65.